The molecule has 9 heteroatoms. The molecule has 2 heterocycles. The summed E-state index contributed by atoms with van der Waals surface area (Å²) in [5, 5.41) is 8.56. The first kappa shape index (κ1) is 37.1. The highest BCUT2D eigenvalue weighted by molar-refractivity contribution is 6.31. The number of Topliss-reactive ketones (excluding diaryl/α,β-unsaturated/α-hetero) is 1. The summed E-state index contributed by atoms with van der Waals surface area (Å²) in [4.78, 5) is 18.0. The van der Waals surface area contributed by atoms with Crippen molar-refractivity contribution >= 4 is 60.4 Å². The lowest BCUT2D eigenvalue weighted by molar-refractivity contribution is 0.0974. The highest BCUT2D eigenvalue weighted by atomic mass is 35.5. The average Bonchev–Trinajstić information content (AvgIpc) is 3.17. The number of halogens is 4. The Morgan fingerprint density at radius 2 is 1.51 bits per heavy atom. The number of carbonyl (C=O) groups excluding carboxylic acids is 1. The van der Waals surface area contributed by atoms with Crippen LogP contribution in [-0.4, -0.2) is 47.6 Å². The third kappa shape index (κ3) is 10.5. The number of nitrogens with zero attached hydrogens (tertiary/aromatic N) is 2. The van der Waals surface area contributed by atoms with Crippen LogP contribution in [-0.2, 0) is 25.9 Å². The van der Waals surface area contributed by atoms with E-state index < -0.39 is 0 Å². The van der Waals surface area contributed by atoms with E-state index in [4.69, 9.17) is 22.7 Å². The number of rotatable bonds is 10. The predicted molar refractivity (Wildman–Crippen MR) is 186 cm³/mol. The monoisotopic (exact) mass is 664 g/mol. The zero-order chi connectivity index (χ0) is 27.9. The highest BCUT2D eigenvalue weighted by Crippen LogP contribution is 2.26. The van der Waals surface area contributed by atoms with Crippen molar-refractivity contribution in [1.82, 2.24) is 9.80 Å². The van der Waals surface area contributed by atoms with Crippen molar-refractivity contribution in [1.29, 1.82) is 5.41 Å². The van der Waals surface area contributed by atoms with Crippen LogP contribution in [0.3, 0.4) is 0 Å². The van der Waals surface area contributed by atoms with Crippen LogP contribution in [0.1, 0.15) is 70.3 Å². The quantitative estimate of drug-likeness (QED) is 0.132. The van der Waals surface area contributed by atoms with Gasteiger partial charge in [0.1, 0.15) is 5.84 Å². The van der Waals surface area contributed by atoms with Gasteiger partial charge in [-0.1, -0.05) is 60.1 Å². The third-order valence-corrected chi connectivity index (χ3v) is 9.01. The van der Waals surface area contributed by atoms with Crippen molar-refractivity contribution in [2.75, 3.05) is 26.2 Å². The first-order valence-electron chi connectivity index (χ1n) is 14.7. The maximum Gasteiger partial charge on any atom is 0.162 e. The molecule has 1 saturated heterocycles. The minimum atomic E-state index is 0. The number of piperidine rings is 1. The summed E-state index contributed by atoms with van der Waals surface area (Å²) in [7, 11) is 0. The molecule has 0 saturated carbocycles. The molecule has 234 valence electrons. The van der Waals surface area contributed by atoms with E-state index in [9.17, 15) is 4.79 Å². The highest BCUT2D eigenvalue weighted by Gasteiger charge is 2.21. The van der Waals surface area contributed by atoms with Gasteiger partial charge in [0.25, 0.3) is 0 Å². The molecule has 0 aliphatic carbocycles. The number of nitrogens with one attached hydrogen (secondary N) is 1. The molecule has 0 aromatic heterocycles. The largest absolute Gasteiger partial charge is 0.384 e. The van der Waals surface area contributed by atoms with E-state index in [0.717, 1.165) is 81.1 Å². The Hall–Kier alpha value is -2.12. The molecule has 2 aliphatic rings. The third-order valence-electron chi connectivity index (χ3n) is 8.64. The summed E-state index contributed by atoms with van der Waals surface area (Å²) in [6.07, 6.45) is 7.09. The molecule has 2 aliphatic heterocycles. The molecule has 1 fully saturated rings. The lowest BCUT2D eigenvalue weighted by atomic mass is 9.90. The van der Waals surface area contributed by atoms with E-state index in [0.29, 0.717) is 12.3 Å². The second-order valence-electron chi connectivity index (χ2n) is 11.5. The Balaban J connectivity index is 0.00000215. The molecular formula is C34H44Cl4N4O. The number of benzene rings is 3. The molecule has 5 rings (SSSR count). The van der Waals surface area contributed by atoms with Crippen molar-refractivity contribution in [2.24, 2.45) is 11.7 Å². The number of hydrogen-bond acceptors (Lipinski definition) is 4. The summed E-state index contributed by atoms with van der Waals surface area (Å²) in [6.45, 7) is 5.93. The van der Waals surface area contributed by atoms with E-state index in [-0.39, 0.29) is 48.8 Å². The Labute approximate surface area is 280 Å². The van der Waals surface area contributed by atoms with Gasteiger partial charge in [-0.3, -0.25) is 20.0 Å². The number of likely N-dealkylation sites (tertiary alicyclic amines) is 1. The molecule has 0 amide bonds. The number of fused-ring (bicyclic) bond motifs is 1. The minimum Gasteiger partial charge on any atom is -0.384 e. The number of nitrogens with two attached hydrogens (primary N) is 1. The van der Waals surface area contributed by atoms with Crippen LogP contribution in [0.2, 0.25) is 5.02 Å². The van der Waals surface area contributed by atoms with Crippen molar-refractivity contribution in [2.45, 2.75) is 58.0 Å². The first-order chi connectivity index (χ1) is 19.4. The van der Waals surface area contributed by atoms with Crippen LogP contribution < -0.4 is 5.73 Å². The summed E-state index contributed by atoms with van der Waals surface area (Å²) >= 11 is 6.35. The minimum absolute atomic E-state index is 0. The van der Waals surface area contributed by atoms with E-state index in [1.165, 1.54) is 35.1 Å². The fraction of sp³-hybridized carbons (Fsp3) is 0.412. The molecule has 0 bridgehead atoms. The fourth-order valence-corrected chi connectivity index (χ4v) is 6.39. The van der Waals surface area contributed by atoms with Crippen molar-refractivity contribution < 1.29 is 4.79 Å². The molecular weight excluding hydrogens is 622 g/mol. The topological polar surface area (TPSA) is 73.4 Å². The van der Waals surface area contributed by atoms with E-state index in [2.05, 4.69) is 40.1 Å². The van der Waals surface area contributed by atoms with Gasteiger partial charge in [0, 0.05) is 48.7 Å². The van der Waals surface area contributed by atoms with Gasteiger partial charge in [-0.15, -0.1) is 37.2 Å². The van der Waals surface area contributed by atoms with Gasteiger partial charge in [-0.2, -0.15) is 0 Å². The van der Waals surface area contributed by atoms with Crippen molar-refractivity contribution in [3.8, 4) is 0 Å². The summed E-state index contributed by atoms with van der Waals surface area (Å²) in [5.41, 5.74) is 12.4. The predicted octanol–water partition coefficient (Wildman–Crippen LogP) is 7.76. The first-order valence-corrected chi connectivity index (χ1v) is 15.1. The molecule has 3 aromatic carbocycles. The molecule has 3 N–H and O–H groups in total. The average molecular weight is 667 g/mol. The van der Waals surface area contributed by atoms with Crippen molar-refractivity contribution in [3.63, 3.8) is 0 Å². The molecule has 5 nitrogen and oxygen atoms in total. The van der Waals surface area contributed by atoms with Crippen LogP contribution in [0.25, 0.3) is 0 Å². The second kappa shape index (κ2) is 18.0. The van der Waals surface area contributed by atoms with Gasteiger partial charge in [0.2, 0.25) is 0 Å². The van der Waals surface area contributed by atoms with Crippen LogP contribution in [0.4, 0.5) is 0 Å². The molecule has 0 spiro atoms. The Bertz CT molecular complexity index is 1340. The number of hydrogen-bond donors (Lipinski definition) is 2. The van der Waals surface area contributed by atoms with Gasteiger partial charge in [0.05, 0.1) is 0 Å². The number of nitrogen functional groups attached to an aromatic ring is 1. The molecule has 0 unspecified atom stereocenters. The maximum absolute atomic E-state index is 13.1. The smallest absolute Gasteiger partial charge is 0.162 e. The van der Waals surface area contributed by atoms with Gasteiger partial charge < -0.3 is 5.73 Å². The van der Waals surface area contributed by atoms with Crippen LogP contribution in [0.15, 0.2) is 66.7 Å². The lowest BCUT2D eigenvalue weighted by Gasteiger charge is -2.32. The number of carbonyl (C=O) groups is 1. The molecule has 43 heavy (non-hydrogen) atoms. The van der Waals surface area contributed by atoms with E-state index in [1.54, 1.807) is 0 Å². The summed E-state index contributed by atoms with van der Waals surface area (Å²) in [5.74, 6) is 1.10. The summed E-state index contributed by atoms with van der Waals surface area (Å²) in [6, 6.07) is 22.5. The van der Waals surface area contributed by atoms with Crippen LogP contribution >= 0.6 is 48.8 Å². The molecule has 0 radical (unpaired) electrons. The van der Waals surface area contributed by atoms with Crippen molar-refractivity contribution in [3.05, 3.63) is 105 Å². The van der Waals surface area contributed by atoms with E-state index in [1.807, 2.05) is 36.4 Å². The number of ketones is 1. The number of amidine groups is 1. The van der Waals surface area contributed by atoms with E-state index >= 15 is 0 Å². The Morgan fingerprint density at radius 3 is 2.23 bits per heavy atom. The standard InChI is InChI=1S/C34H41ClN4O.3ClH/c35-32-9-2-1-7-31(32)24-39-17-13-25(14-18-39)5-4-10-33(40)29-12-11-27-15-19-38(20-16-28(27)22-29)23-26-6-3-8-30(21-26)34(36)37;;;/h1-3,6-9,11-12,21-22,25H,4-5,10,13-20,23-24H2,(H3,36,37);3*1H. The van der Waals surface area contributed by atoms with Crippen LogP contribution in [0, 0.1) is 11.3 Å². The zero-order valence-electron chi connectivity index (χ0n) is 24.6. The van der Waals surface area contributed by atoms with Gasteiger partial charge >= 0.3 is 0 Å². The fourth-order valence-electron chi connectivity index (χ4n) is 6.19. The SMILES string of the molecule is Cl.Cl.Cl.N=C(N)c1cccc(CN2CCc3ccc(C(=O)CCCC4CCN(Cc5ccccc5Cl)CC4)cc3CC2)c1. The summed E-state index contributed by atoms with van der Waals surface area (Å²) < 4.78 is 0. The zero-order valence-corrected chi connectivity index (χ0v) is 27.8. The second-order valence-corrected chi connectivity index (χ2v) is 11.9. The molecule has 0 atom stereocenters. The van der Waals surface area contributed by atoms with Crippen LogP contribution in [0.5, 0.6) is 0 Å². The Morgan fingerprint density at radius 1 is 0.814 bits per heavy atom. The van der Waals surface area contributed by atoms with Gasteiger partial charge in [-0.05, 0) is 98.0 Å². The maximum atomic E-state index is 13.1. The van der Waals surface area contributed by atoms with Gasteiger partial charge in [-0.25, -0.2) is 0 Å². The molecule has 3 aromatic rings. The normalized spacial score (nSPS) is 15.7. The van der Waals surface area contributed by atoms with Gasteiger partial charge in [0.15, 0.2) is 5.78 Å². The Kier molecular flexibility index (Phi) is 15.5. The lowest BCUT2D eigenvalue weighted by Crippen LogP contribution is -2.33.